The highest BCUT2D eigenvalue weighted by Crippen LogP contribution is 2.27. The molecule has 0 N–H and O–H groups in total. The molecule has 0 amide bonds. The molecule has 0 saturated carbocycles. The molecule has 2 heterocycles. The Labute approximate surface area is 139 Å². The third-order valence-electron chi connectivity index (χ3n) is 3.49. The van der Waals surface area contributed by atoms with E-state index in [4.69, 9.17) is 0 Å². The first-order chi connectivity index (χ1) is 11.0. The minimum atomic E-state index is -2.98. The maximum Gasteiger partial charge on any atom is 0.211 e. The highest BCUT2D eigenvalue weighted by Gasteiger charge is 2.14. The molecule has 0 aliphatic heterocycles. The number of para-hydroxylation sites is 1. The molecule has 6 nitrogen and oxygen atoms in total. The van der Waals surface area contributed by atoms with Gasteiger partial charge in [0.05, 0.1) is 11.3 Å². The molecule has 0 saturated heterocycles. The van der Waals surface area contributed by atoms with E-state index in [1.807, 2.05) is 18.2 Å². The van der Waals surface area contributed by atoms with Crippen molar-refractivity contribution in [2.24, 2.45) is 0 Å². The number of aromatic nitrogens is 4. The van der Waals surface area contributed by atoms with E-state index in [-0.39, 0.29) is 5.75 Å². The summed E-state index contributed by atoms with van der Waals surface area (Å²) in [5.41, 5.74) is 2.70. The highest BCUT2D eigenvalue weighted by molar-refractivity contribution is 8.00. The summed E-state index contributed by atoms with van der Waals surface area (Å²) in [7, 11) is -2.98. The smallest absolute Gasteiger partial charge is 0.211 e. The fourth-order valence-electron chi connectivity index (χ4n) is 2.48. The first kappa shape index (κ1) is 16.2. The lowest BCUT2D eigenvalue weighted by molar-refractivity contribution is 0.603. The van der Waals surface area contributed by atoms with E-state index in [1.165, 1.54) is 18.0 Å². The Morgan fingerprint density at radius 3 is 2.74 bits per heavy atom. The standard InChI is InChI=1S/C15H18N4O2S2/c1-3-8-19-12-7-5-4-6-11(12)13-14(19)16-15(18-17-13)22-9-10-23(2,20)21/h4-7H,3,8-10H2,1-2H3. The van der Waals surface area contributed by atoms with E-state index >= 15 is 0 Å². The lowest BCUT2D eigenvalue weighted by Crippen LogP contribution is -2.06. The van der Waals surface area contributed by atoms with Crippen molar-refractivity contribution in [3.05, 3.63) is 24.3 Å². The third kappa shape index (κ3) is 3.48. The van der Waals surface area contributed by atoms with Crippen LogP contribution in [0.4, 0.5) is 0 Å². The highest BCUT2D eigenvalue weighted by atomic mass is 32.2. The Hall–Kier alpha value is -1.67. The van der Waals surface area contributed by atoms with Gasteiger partial charge in [0.15, 0.2) is 5.65 Å². The van der Waals surface area contributed by atoms with Gasteiger partial charge in [-0.1, -0.05) is 36.9 Å². The molecule has 0 radical (unpaired) electrons. The van der Waals surface area contributed by atoms with Gasteiger partial charge in [0.25, 0.3) is 0 Å². The van der Waals surface area contributed by atoms with E-state index in [2.05, 4.69) is 32.7 Å². The van der Waals surface area contributed by atoms with Gasteiger partial charge in [0.1, 0.15) is 15.4 Å². The van der Waals surface area contributed by atoms with Crippen molar-refractivity contribution in [2.75, 3.05) is 17.8 Å². The monoisotopic (exact) mass is 350 g/mol. The predicted molar refractivity (Wildman–Crippen MR) is 93.6 cm³/mol. The molecule has 3 rings (SSSR count). The van der Waals surface area contributed by atoms with Crippen LogP contribution >= 0.6 is 11.8 Å². The lowest BCUT2D eigenvalue weighted by Gasteiger charge is -2.04. The van der Waals surface area contributed by atoms with Gasteiger partial charge in [-0.25, -0.2) is 13.4 Å². The van der Waals surface area contributed by atoms with Gasteiger partial charge < -0.3 is 4.57 Å². The SMILES string of the molecule is CCCn1c2ccccc2c2nnc(SCCS(C)(=O)=O)nc21. The van der Waals surface area contributed by atoms with Crippen molar-refractivity contribution in [2.45, 2.75) is 25.0 Å². The minimum Gasteiger partial charge on any atom is -0.324 e. The summed E-state index contributed by atoms with van der Waals surface area (Å²) in [5.74, 6) is 0.539. The summed E-state index contributed by atoms with van der Waals surface area (Å²) < 4.78 is 24.6. The molecule has 2 aromatic heterocycles. The van der Waals surface area contributed by atoms with Crippen LogP contribution in [0.3, 0.4) is 0 Å². The van der Waals surface area contributed by atoms with Gasteiger partial charge in [-0.05, 0) is 12.5 Å². The number of nitrogens with zero attached hydrogens (tertiary/aromatic N) is 4. The van der Waals surface area contributed by atoms with E-state index in [9.17, 15) is 8.42 Å². The van der Waals surface area contributed by atoms with Gasteiger partial charge in [0.2, 0.25) is 5.16 Å². The van der Waals surface area contributed by atoms with Crippen molar-refractivity contribution in [1.82, 2.24) is 19.7 Å². The van der Waals surface area contributed by atoms with Crippen molar-refractivity contribution < 1.29 is 8.42 Å². The Kier molecular flexibility index (Phi) is 4.54. The number of thioether (sulfide) groups is 1. The molecule has 0 bridgehead atoms. The second kappa shape index (κ2) is 6.45. The van der Waals surface area contributed by atoms with Crippen molar-refractivity contribution in [3.8, 4) is 0 Å². The fourth-order valence-corrected chi connectivity index (χ4v) is 4.46. The minimum absolute atomic E-state index is 0.108. The third-order valence-corrected chi connectivity index (χ3v) is 5.53. The average Bonchev–Trinajstić information content (AvgIpc) is 2.81. The number of benzene rings is 1. The van der Waals surface area contributed by atoms with E-state index < -0.39 is 9.84 Å². The first-order valence-corrected chi connectivity index (χ1v) is 10.5. The van der Waals surface area contributed by atoms with Gasteiger partial charge in [0, 0.05) is 23.9 Å². The Balaban J connectivity index is 2.01. The number of sulfone groups is 1. The zero-order chi connectivity index (χ0) is 16.4. The summed E-state index contributed by atoms with van der Waals surface area (Å²) in [6, 6.07) is 8.07. The van der Waals surface area contributed by atoms with E-state index in [1.54, 1.807) is 0 Å². The summed E-state index contributed by atoms with van der Waals surface area (Å²) >= 11 is 1.32. The Morgan fingerprint density at radius 1 is 1.22 bits per heavy atom. The predicted octanol–water partition coefficient (Wildman–Crippen LogP) is 2.53. The molecule has 0 fully saturated rings. The van der Waals surface area contributed by atoms with E-state index in [0.29, 0.717) is 10.9 Å². The summed E-state index contributed by atoms with van der Waals surface area (Å²) in [4.78, 5) is 4.61. The summed E-state index contributed by atoms with van der Waals surface area (Å²) in [5, 5.41) is 10.0. The second-order valence-corrected chi connectivity index (χ2v) is 8.74. The Morgan fingerprint density at radius 2 is 2.00 bits per heavy atom. The van der Waals surface area contributed by atoms with Crippen LogP contribution < -0.4 is 0 Å². The molecule has 1 aromatic carbocycles. The first-order valence-electron chi connectivity index (χ1n) is 7.42. The molecule has 0 unspecified atom stereocenters. The zero-order valence-electron chi connectivity index (χ0n) is 13.1. The van der Waals surface area contributed by atoms with Crippen LogP contribution in [-0.2, 0) is 16.4 Å². The molecule has 0 atom stereocenters. The molecule has 0 aliphatic rings. The fraction of sp³-hybridized carbons (Fsp3) is 0.400. The second-order valence-electron chi connectivity index (χ2n) is 5.41. The molecule has 0 spiro atoms. The molecular formula is C15H18N4O2S2. The maximum absolute atomic E-state index is 11.2. The lowest BCUT2D eigenvalue weighted by atomic mass is 10.2. The summed E-state index contributed by atoms with van der Waals surface area (Å²) in [6.07, 6.45) is 2.23. The van der Waals surface area contributed by atoms with Crippen LogP contribution in [0.15, 0.2) is 29.4 Å². The van der Waals surface area contributed by atoms with Gasteiger partial charge in [-0.2, -0.15) is 0 Å². The van der Waals surface area contributed by atoms with Gasteiger partial charge in [-0.15, -0.1) is 10.2 Å². The van der Waals surface area contributed by atoms with Crippen LogP contribution in [0.5, 0.6) is 0 Å². The molecule has 3 aromatic rings. The average molecular weight is 350 g/mol. The van der Waals surface area contributed by atoms with Crippen LogP contribution in [0, 0.1) is 0 Å². The van der Waals surface area contributed by atoms with Crippen LogP contribution in [-0.4, -0.2) is 45.9 Å². The van der Waals surface area contributed by atoms with Gasteiger partial charge in [-0.3, -0.25) is 0 Å². The molecule has 8 heteroatoms. The zero-order valence-corrected chi connectivity index (χ0v) is 14.7. The number of rotatable bonds is 6. The topological polar surface area (TPSA) is 77.7 Å². The van der Waals surface area contributed by atoms with Crippen molar-refractivity contribution >= 4 is 43.7 Å². The Bertz CT molecular complexity index is 951. The molecular weight excluding hydrogens is 332 g/mol. The molecule has 122 valence electrons. The number of aryl methyl sites for hydroxylation is 1. The van der Waals surface area contributed by atoms with Crippen LogP contribution in [0.2, 0.25) is 0 Å². The van der Waals surface area contributed by atoms with Crippen molar-refractivity contribution in [1.29, 1.82) is 0 Å². The quantitative estimate of drug-likeness (QED) is 0.636. The molecule has 23 heavy (non-hydrogen) atoms. The number of hydrogen-bond donors (Lipinski definition) is 0. The summed E-state index contributed by atoms with van der Waals surface area (Å²) in [6.45, 7) is 2.98. The van der Waals surface area contributed by atoms with Crippen LogP contribution in [0.1, 0.15) is 13.3 Å². The number of fused-ring (bicyclic) bond motifs is 3. The number of hydrogen-bond acceptors (Lipinski definition) is 6. The van der Waals surface area contributed by atoms with Gasteiger partial charge >= 0.3 is 0 Å². The molecule has 0 aliphatic carbocycles. The van der Waals surface area contributed by atoms with Crippen LogP contribution in [0.25, 0.3) is 22.1 Å². The van der Waals surface area contributed by atoms with E-state index in [0.717, 1.165) is 35.0 Å². The normalized spacial score (nSPS) is 12.3. The van der Waals surface area contributed by atoms with Crippen molar-refractivity contribution in [3.63, 3.8) is 0 Å². The maximum atomic E-state index is 11.2. The largest absolute Gasteiger partial charge is 0.324 e.